The summed E-state index contributed by atoms with van der Waals surface area (Å²) in [6, 6.07) is 0.691. The van der Waals surface area contributed by atoms with Crippen LogP contribution >= 0.6 is 22.9 Å². The van der Waals surface area contributed by atoms with E-state index in [-0.39, 0.29) is 0 Å². The lowest BCUT2D eigenvalue weighted by Crippen LogP contribution is -2.28. The highest BCUT2D eigenvalue weighted by Gasteiger charge is 2.27. The minimum atomic E-state index is 0.653. The molecule has 0 N–H and O–H groups in total. The normalized spacial score (nSPS) is 28.5. The van der Waals surface area contributed by atoms with Crippen molar-refractivity contribution >= 4 is 22.9 Å². The Morgan fingerprint density at radius 2 is 2.43 bits per heavy atom. The van der Waals surface area contributed by atoms with Crippen LogP contribution in [0.15, 0.2) is 6.20 Å². The molecule has 0 spiro atoms. The lowest BCUT2D eigenvalue weighted by Gasteiger charge is -2.21. The molecule has 4 heteroatoms. The number of rotatable bonds is 2. The SMILES string of the molecule is CC1CCN(Cc2cnc(Cl)s2)C1C. The van der Waals surface area contributed by atoms with Crippen LogP contribution in [0.3, 0.4) is 0 Å². The van der Waals surface area contributed by atoms with E-state index in [0.29, 0.717) is 10.5 Å². The van der Waals surface area contributed by atoms with E-state index in [1.807, 2.05) is 6.20 Å². The molecule has 0 radical (unpaired) electrons. The summed E-state index contributed by atoms with van der Waals surface area (Å²) in [6.45, 7) is 6.85. The largest absolute Gasteiger partial charge is 0.295 e. The first-order valence-electron chi connectivity index (χ1n) is 5.01. The van der Waals surface area contributed by atoms with Gasteiger partial charge in [-0.2, -0.15) is 0 Å². The molecule has 2 nitrogen and oxygen atoms in total. The molecule has 78 valence electrons. The third-order valence-electron chi connectivity index (χ3n) is 3.16. The van der Waals surface area contributed by atoms with Gasteiger partial charge < -0.3 is 0 Å². The van der Waals surface area contributed by atoms with Gasteiger partial charge in [0.25, 0.3) is 0 Å². The van der Waals surface area contributed by atoms with Crippen LogP contribution in [0.2, 0.25) is 4.47 Å². The lowest BCUT2D eigenvalue weighted by molar-refractivity contribution is 0.241. The quantitative estimate of drug-likeness (QED) is 0.777. The van der Waals surface area contributed by atoms with Crippen LogP contribution in [-0.2, 0) is 6.54 Å². The molecular formula is C10H15ClN2S. The predicted molar refractivity (Wildman–Crippen MR) is 60.8 cm³/mol. The van der Waals surface area contributed by atoms with Crippen LogP contribution in [0.5, 0.6) is 0 Å². The third-order valence-corrected chi connectivity index (χ3v) is 4.26. The highest BCUT2D eigenvalue weighted by Crippen LogP contribution is 2.27. The van der Waals surface area contributed by atoms with Crippen LogP contribution in [0, 0.1) is 5.92 Å². The van der Waals surface area contributed by atoms with Crippen molar-refractivity contribution in [3.05, 3.63) is 15.5 Å². The van der Waals surface area contributed by atoms with E-state index in [1.54, 1.807) is 11.3 Å². The minimum absolute atomic E-state index is 0.653. The van der Waals surface area contributed by atoms with Gasteiger partial charge in [0.2, 0.25) is 0 Å². The van der Waals surface area contributed by atoms with Gasteiger partial charge in [0.1, 0.15) is 0 Å². The molecule has 2 heterocycles. The second-order valence-corrected chi connectivity index (χ2v) is 5.75. The molecule has 0 bridgehead atoms. The molecule has 0 saturated carbocycles. The van der Waals surface area contributed by atoms with E-state index in [9.17, 15) is 0 Å². The van der Waals surface area contributed by atoms with Crippen molar-refractivity contribution < 1.29 is 0 Å². The topological polar surface area (TPSA) is 16.1 Å². The average molecular weight is 231 g/mol. The fourth-order valence-electron chi connectivity index (χ4n) is 1.95. The second kappa shape index (κ2) is 4.17. The van der Waals surface area contributed by atoms with Crippen molar-refractivity contribution in [2.24, 2.45) is 5.92 Å². The number of thiazole rings is 1. The third kappa shape index (κ3) is 2.10. The molecule has 1 aromatic heterocycles. The van der Waals surface area contributed by atoms with E-state index in [1.165, 1.54) is 17.8 Å². The van der Waals surface area contributed by atoms with Crippen molar-refractivity contribution in [3.63, 3.8) is 0 Å². The van der Waals surface area contributed by atoms with Crippen molar-refractivity contribution in [2.75, 3.05) is 6.54 Å². The summed E-state index contributed by atoms with van der Waals surface area (Å²) in [5.41, 5.74) is 0. The van der Waals surface area contributed by atoms with Gasteiger partial charge in [-0.15, -0.1) is 11.3 Å². The van der Waals surface area contributed by atoms with Crippen LogP contribution in [0.25, 0.3) is 0 Å². The van der Waals surface area contributed by atoms with E-state index in [0.717, 1.165) is 12.5 Å². The zero-order valence-electron chi connectivity index (χ0n) is 8.53. The first kappa shape index (κ1) is 10.4. The number of likely N-dealkylation sites (tertiary alicyclic amines) is 1. The molecule has 1 aliphatic heterocycles. The van der Waals surface area contributed by atoms with Crippen molar-refractivity contribution in [1.82, 2.24) is 9.88 Å². The Labute approximate surface area is 93.9 Å². The summed E-state index contributed by atoms with van der Waals surface area (Å²) in [5, 5.41) is 0. The summed E-state index contributed by atoms with van der Waals surface area (Å²) in [5.74, 6) is 0.818. The van der Waals surface area contributed by atoms with Crippen LogP contribution in [-0.4, -0.2) is 22.5 Å². The fraction of sp³-hybridized carbons (Fsp3) is 0.700. The number of hydrogen-bond donors (Lipinski definition) is 0. The summed E-state index contributed by atoms with van der Waals surface area (Å²) in [4.78, 5) is 7.84. The molecule has 2 rings (SSSR count). The Balaban J connectivity index is 1.98. The predicted octanol–water partition coefficient (Wildman–Crippen LogP) is 3.03. The Morgan fingerprint density at radius 3 is 2.93 bits per heavy atom. The van der Waals surface area contributed by atoms with Gasteiger partial charge in [-0.3, -0.25) is 4.90 Å². The van der Waals surface area contributed by atoms with Crippen LogP contribution in [0.1, 0.15) is 25.1 Å². The van der Waals surface area contributed by atoms with Crippen LogP contribution in [0.4, 0.5) is 0 Å². The zero-order chi connectivity index (χ0) is 10.1. The summed E-state index contributed by atoms with van der Waals surface area (Å²) >= 11 is 7.39. The highest BCUT2D eigenvalue weighted by molar-refractivity contribution is 7.15. The summed E-state index contributed by atoms with van der Waals surface area (Å²) < 4.78 is 0.653. The summed E-state index contributed by atoms with van der Waals surface area (Å²) in [6.07, 6.45) is 3.20. The smallest absolute Gasteiger partial charge is 0.183 e. The molecule has 0 aromatic carbocycles. The van der Waals surface area contributed by atoms with Gasteiger partial charge in [0.05, 0.1) is 0 Å². The molecule has 0 amide bonds. The zero-order valence-corrected chi connectivity index (χ0v) is 10.1. The first-order valence-corrected chi connectivity index (χ1v) is 6.20. The van der Waals surface area contributed by atoms with Crippen molar-refractivity contribution in [1.29, 1.82) is 0 Å². The fourth-order valence-corrected chi connectivity index (χ4v) is 2.96. The van der Waals surface area contributed by atoms with E-state index < -0.39 is 0 Å². The van der Waals surface area contributed by atoms with E-state index in [2.05, 4.69) is 23.7 Å². The van der Waals surface area contributed by atoms with Gasteiger partial charge in [0.15, 0.2) is 4.47 Å². The molecule has 1 fully saturated rings. The molecule has 14 heavy (non-hydrogen) atoms. The minimum Gasteiger partial charge on any atom is -0.295 e. The highest BCUT2D eigenvalue weighted by atomic mass is 35.5. The number of hydrogen-bond acceptors (Lipinski definition) is 3. The lowest BCUT2D eigenvalue weighted by atomic mass is 10.1. The van der Waals surface area contributed by atoms with Gasteiger partial charge in [-0.1, -0.05) is 18.5 Å². The molecule has 2 unspecified atom stereocenters. The molecule has 0 aliphatic carbocycles. The number of halogens is 1. The average Bonchev–Trinajstić information content (AvgIpc) is 2.67. The van der Waals surface area contributed by atoms with Gasteiger partial charge in [0, 0.05) is 23.7 Å². The maximum absolute atomic E-state index is 5.80. The van der Waals surface area contributed by atoms with Gasteiger partial charge in [-0.25, -0.2) is 4.98 Å². The maximum atomic E-state index is 5.80. The Bertz CT molecular complexity index is 313. The number of aromatic nitrogens is 1. The Kier molecular flexibility index (Phi) is 3.10. The first-order chi connectivity index (χ1) is 6.66. The monoisotopic (exact) mass is 230 g/mol. The second-order valence-electron chi connectivity index (χ2n) is 4.06. The van der Waals surface area contributed by atoms with Gasteiger partial charge in [-0.05, 0) is 25.8 Å². The molecule has 1 saturated heterocycles. The van der Waals surface area contributed by atoms with Crippen LogP contribution < -0.4 is 0 Å². The number of nitrogens with zero attached hydrogens (tertiary/aromatic N) is 2. The van der Waals surface area contributed by atoms with E-state index >= 15 is 0 Å². The summed E-state index contributed by atoms with van der Waals surface area (Å²) in [7, 11) is 0. The van der Waals surface area contributed by atoms with Crippen molar-refractivity contribution in [2.45, 2.75) is 32.9 Å². The standard InChI is InChI=1S/C10H15ClN2S/c1-7-3-4-13(8(7)2)6-9-5-12-10(11)14-9/h5,7-8H,3-4,6H2,1-2H3. The molecule has 2 atom stereocenters. The maximum Gasteiger partial charge on any atom is 0.183 e. The molecule has 1 aromatic rings. The Morgan fingerprint density at radius 1 is 1.64 bits per heavy atom. The van der Waals surface area contributed by atoms with E-state index in [4.69, 9.17) is 11.6 Å². The van der Waals surface area contributed by atoms with Crippen molar-refractivity contribution in [3.8, 4) is 0 Å². The molecule has 1 aliphatic rings. The molecular weight excluding hydrogens is 216 g/mol. The van der Waals surface area contributed by atoms with Gasteiger partial charge >= 0.3 is 0 Å². The Hall–Kier alpha value is -0.120.